The minimum Gasteiger partial charge on any atom is -0.493 e. The Morgan fingerprint density at radius 3 is 2.43 bits per heavy atom. The van der Waals surface area contributed by atoms with Crippen LogP contribution in [0.5, 0.6) is 11.5 Å². The molecule has 1 saturated heterocycles. The molecule has 30 heavy (non-hydrogen) atoms. The third-order valence-electron chi connectivity index (χ3n) is 4.51. The maximum absolute atomic E-state index is 12.2. The lowest BCUT2D eigenvalue weighted by atomic mass is 10.0. The smallest absolute Gasteiger partial charge is 0.331 e. The van der Waals surface area contributed by atoms with Crippen molar-refractivity contribution >= 4 is 29.3 Å². The van der Waals surface area contributed by atoms with Crippen molar-refractivity contribution < 1.29 is 28.6 Å². The lowest BCUT2D eigenvalue weighted by Crippen LogP contribution is -2.51. The molecule has 3 amide bonds. The van der Waals surface area contributed by atoms with Crippen LogP contribution in [0.15, 0.2) is 48.5 Å². The van der Waals surface area contributed by atoms with Crippen molar-refractivity contribution in [3.63, 3.8) is 0 Å². The third kappa shape index (κ3) is 5.19. The third-order valence-corrected chi connectivity index (χ3v) is 4.51. The molecule has 0 radical (unpaired) electrons. The highest BCUT2D eigenvalue weighted by Crippen LogP contribution is 2.25. The number of amides is 3. The van der Waals surface area contributed by atoms with Crippen molar-refractivity contribution in [1.82, 2.24) is 5.32 Å². The van der Waals surface area contributed by atoms with Gasteiger partial charge in [-0.05, 0) is 37.3 Å². The zero-order valence-electron chi connectivity index (χ0n) is 16.7. The molecule has 1 atom stereocenters. The van der Waals surface area contributed by atoms with Crippen LogP contribution in [-0.2, 0) is 14.3 Å². The highest BCUT2D eigenvalue weighted by Gasteiger charge is 2.41. The molecule has 0 bridgehead atoms. The molecule has 1 unspecified atom stereocenters. The van der Waals surface area contributed by atoms with Crippen LogP contribution in [0.2, 0.25) is 0 Å². The van der Waals surface area contributed by atoms with E-state index >= 15 is 0 Å². The molecule has 1 fully saturated rings. The van der Waals surface area contributed by atoms with E-state index in [1.807, 2.05) is 0 Å². The summed E-state index contributed by atoms with van der Waals surface area (Å²) in [4.78, 5) is 36.2. The van der Waals surface area contributed by atoms with Crippen LogP contribution in [0.1, 0.15) is 13.3 Å². The number of cyclic esters (lactones) is 1. The average Bonchev–Trinajstić information content (AvgIpc) is 3.04. The van der Waals surface area contributed by atoms with Crippen LogP contribution in [0.3, 0.4) is 0 Å². The normalized spacial score (nSPS) is 17.6. The van der Waals surface area contributed by atoms with Crippen molar-refractivity contribution in [2.45, 2.75) is 18.9 Å². The van der Waals surface area contributed by atoms with E-state index in [9.17, 15) is 14.4 Å². The summed E-state index contributed by atoms with van der Waals surface area (Å²) in [5, 5.41) is 7.96. The van der Waals surface area contributed by atoms with Gasteiger partial charge in [0, 0.05) is 17.8 Å². The summed E-state index contributed by atoms with van der Waals surface area (Å²) in [6, 6.07) is 13.1. The van der Waals surface area contributed by atoms with Crippen LogP contribution in [0.25, 0.3) is 0 Å². The van der Waals surface area contributed by atoms with Crippen molar-refractivity contribution in [1.29, 1.82) is 0 Å². The van der Waals surface area contributed by atoms with E-state index in [-0.39, 0.29) is 19.1 Å². The van der Waals surface area contributed by atoms with Gasteiger partial charge in [0.05, 0.1) is 13.7 Å². The molecule has 0 aromatic heterocycles. The van der Waals surface area contributed by atoms with Crippen LogP contribution in [0, 0.1) is 0 Å². The molecule has 1 heterocycles. The van der Waals surface area contributed by atoms with Gasteiger partial charge in [-0.1, -0.05) is 18.2 Å². The van der Waals surface area contributed by atoms with Gasteiger partial charge in [-0.2, -0.15) is 0 Å². The first-order valence-corrected chi connectivity index (χ1v) is 9.32. The van der Waals surface area contributed by atoms with Crippen molar-refractivity contribution in [2.24, 2.45) is 0 Å². The second kappa shape index (κ2) is 9.17. The number of nitrogens with one attached hydrogen (secondary N) is 3. The molecule has 1 aliphatic heterocycles. The van der Waals surface area contributed by atoms with E-state index in [0.29, 0.717) is 29.3 Å². The van der Waals surface area contributed by atoms with E-state index in [0.717, 1.165) is 0 Å². The van der Waals surface area contributed by atoms with E-state index in [2.05, 4.69) is 16.0 Å². The number of ether oxygens (including phenoxy) is 3. The fraction of sp³-hybridized carbons (Fsp3) is 0.286. The lowest BCUT2D eigenvalue weighted by Gasteiger charge is -2.21. The Kier molecular flexibility index (Phi) is 6.41. The molecule has 2 aromatic rings. The summed E-state index contributed by atoms with van der Waals surface area (Å²) >= 11 is 0. The average molecular weight is 413 g/mol. The zero-order chi connectivity index (χ0) is 21.6. The SMILES string of the molecule is COc1ccccc1OCC(=O)Nc1cccc(NC(=O)NC2(C)CCOC2=O)c1. The lowest BCUT2D eigenvalue weighted by molar-refractivity contribution is -0.142. The van der Waals surface area contributed by atoms with E-state index < -0.39 is 17.5 Å². The Hall–Kier alpha value is -3.75. The first-order valence-electron chi connectivity index (χ1n) is 9.32. The van der Waals surface area contributed by atoms with Crippen molar-refractivity contribution in [3.8, 4) is 11.5 Å². The van der Waals surface area contributed by atoms with E-state index in [1.165, 1.54) is 7.11 Å². The van der Waals surface area contributed by atoms with Crippen LogP contribution >= 0.6 is 0 Å². The number of urea groups is 1. The Morgan fingerprint density at radius 1 is 1.07 bits per heavy atom. The zero-order valence-corrected chi connectivity index (χ0v) is 16.7. The van der Waals surface area contributed by atoms with Gasteiger partial charge in [0.15, 0.2) is 18.1 Å². The maximum atomic E-state index is 12.2. The van der Waals surface area contributed by atoms with Gasteiger partial charge in [-0.3, -0.25) is 4.79 Å². The summed E-state index contributed by atoms with van der Waals surface area (Å²) < 4.78 is 15.6. The molecule has 3 N–H and O–H groups in total. The molecule has 0 spiro atoms. The molecule has 2 aromatic carbocycles. The largest absolute Gasteiger partial charge is 0.493 e. The summed E-state index contributed by atoms with van der Waals surface area (Å²) in [6.45, 7) is 1.67. The quantitative estimate of drug-likeness (QED) is 0.601. The van der Waals surface area contributed by atoms with Gasteiger partial charge in [-0.15, -0.1) is 0 Å². The van der Waals surface area contributed by atoms with Gasteiger partial charge in [0.2, 0.25) is 0 Å². The van der Waals surface area contributed by atoms with Gasteiger partial charge in [0.1, 0.15) is 5.54 Å². The van der Waals surface area contributed by atoms with Crippen LogP contribution < -0.4 is 25.4 Å². The maximum Gasteiger partial charge on any atom is 0.331 e. The molecule has 3 rings (SSSR count). The van der Waals surface area contributed by atoms with Gasteiger partial charge < -0.3 is 30.2 Å². The van der Waals surface area contributed by atoms with Gasteiger partial charge in [-0.25, -0.2) is 9.59 Å². The predicted molar refractivity (Wildman–Crippen MR) is 110 cm³/mol. The second-order valence-electron chi connectivity index (χ2n) is 6.87. The van der Waals surface area contributed by atoms with Gasteiger partial charge >= 0.3 is 12.0 Å². The van der Waals surface area contributed by atoms with Crippen LogP contribution in [-0.4, -0.2) is 43.8 Å². The minimum atomic E-state index is -1.05. The molecule has 0 saturated carbocycles. The molecule has 158 valence electrons. The fourth-order valence-corrected chi connectivity index (χ4v) is 2.89. The first-order chi connectivity index (χ1) is 14.4. The summed E-state index contributed by atoms with van der Waals surface area (Å²) in [5.41, 5.74) is -0.120. The highest BCUT2D eigenvalue weighted by molar-refractivity contribution is 5.96. The molecular weight excluding hydrogens is 390 g/mol. The summed E-state index contributed by atoms with van der Waals surface area (Å²) in [6.07, 6.45) is 0.404. The molecular formula is C21H23N3O6. The first kappa shape index (κ1) is 21.0. The number of benzene rings is 2. The monoisotopic (exact) mass is 413 g/mol. The number of hydrogen-bond donors (Lipinski definition) is 3. The Balaban J connectivity index is 1.54. The Morgan fingerprint density at radius 2 is 1.77 bits per heavy atom. The number of carbonyl (C=O) groups is 3. The molecule has 9 heteroatoms. The Bertz CT molecular complexity index is 948. The molecule has 0 aliphatic carbocycles. The van der Waals surface area contributed by atoms with E-state index in [4.69, 9.17) is 14.2 Å². The van der Waals surface area contributed by atoms with E-state index in [1.54, 1.807) is 55.5 Å². The number of carbonyl (C=O) groups excluding carboxylic acids is 3. The summed E-state index contributed by atoms with van der Waals surface area (Å²) in [7, 11) is 1.52. The number of esters is 1. The number of methoxy groups -OCH3 is 1. The second-order valence-corrected chi connectivity index (χ2v) is 6.87. The number of anilines is 2. The minimum absolute atomic E-state index is 0.209. The number of hydrogen-bond acceptors (Lipinski definition) is 6. The number of rotatable bonds is 7. The van der Waals surface area contributed by atoms with Gasteiger partial charge in [0.25, 0.3) is 5.91 Å². The summed E-state index contributed by atoms with van der Waals surface area (Å²) in [5.74, 6) is 0.154. The Labute approximate surface area is 173 Å². The van der Waals surface area contributed by atoms with Crippen molar-refractivity contribution in [3.05, 3.63) is 48.5 Å². The molecule has 9 nitrogen and oxygen atoms in total. The topological polar surface area (TPSA) is 115 Å². The fourth-order valence-electron chi connectivity index (χ4n) is 2.89. The standard InChI is InChI=1S/C21H23N3O6/c1-21(10-11-29-19(21)26)24-20(27)23-15-7-5-6-14(12-15)22-18(25)13-30-17-9-4-3-8-16(17)28-2/h3-9,12H,10-11,13H2,1-2H3,(H,22,25)(H2,23,24,27). The number of para-hydroxylation sites is 2. The molecule has 1 aliphatic rings. The van der Waals surface area contributed by atoms with Crippen LogP contribution in [0.4, 0.5) is 16.2 Å². The highest BCUT2D eigenvalue weighted by atomic mass is 16.5. The van der Waals surface area contributed by atoms with Crippen molar-refractivity contribution in [2.75, 3.05) is 31.0 Å². The predicted octanol–water partition coefficient (Wildman–Crippen LogP) is 2.54.